The molecule has 0 atom stereocenters. The third-order valence-corrected chi connectivity index (χ3v) is 3.95. The molecule has 0 radical (unpaired) electrons. The van der Waals surface area contributed by atoms with Crippen molar-refractivity contribution in [2.75, 3.05) is 0 Å². The largest absolute Gasteiger partial charge is 0.293 e. The van der Waals surface area contributed by atoms with Crippen molar-refractivity contribution in [2.45, 2.75) is 45.4 Å². The first kappa shape index (κ1) is 9.84. The Kier molecular flexibility index (Phi) is 2.68. The maximum atomic E-state index is 11.4. The molecule has 1 aliphatic rings. The SMILES string of the molecule is CC(=O)c1nc(C)sc1C1CCCC1. The van der Waals surface area contributed by atoms with Gasteiger partial charge in [-0.25, -0.2) is 4.98 Å². The molecule has 0 spiro atoms. The molecule has 2 nitrogen and oxygen atoms in total. The van der Waals surface area contributed by atoms with Gasteiger partial charge in [0, 0.05) is 11.8 Å². The average molecular weight is 209 g/mol. The first-order valence-corrected chi connectivity index (χ1v) is 5.98. The van der Waals surface area contributed by atoms with E-state index in [1.54, 1.807) is 18.3 Å². The van der Waals surface area contributed by atoms with Gasteiger partial charge in [0.25, 0.3) is 0 Å². The highest BCUT2D eigenvalue weighted by atomic mass is 32.1. The van der Waals surface area contributed by atoms with E-state index in [1.807, 2.05) is 6.92 Å². The summed E-state index contributed by atoms with van der Waals surface area (Å²) < 4.78 is 0. The van der Waals surface area contributed by atoms with E-state index in [2.05, 4.69) is 4.98 Å². The third-order valence-electron chi connectivity index (χ3n) is 2.82. The Labute approximate surface area is 88.4 Å². The molecule has 0 unspecified atom stereocenters. The van der Waals surface area contributed by atoms with Crippen molar-refractivity contribution in [1.29, 1.82) is 0 Å². The van der Waals surface area contributed by atoms with E-state index >= 15 is 0 Å². The van der Waals surface area contributed by atoms with Crippen LogP contribution in [-0.4, -0.2) is 10.8 Å². The zero-order valence-corrected chi connectivity index (χ0v) is 9.49. The van der Waals surface area contributed by atoms with E-state index in [0.29, 0.717) is 5.92 Å². The van der Waals surface area contributed by atoms with Crippen LogP contribution in [0.15, 0.2) is 0 Å². The first-order valence-electron chi connectivity index (χ1n) is 5.16. The quantitative estimate of drug-likeness (QED) is 0.699. The van der Waals surface area contributed by atoms with Crippen LogP contribution in [0, 0.1) is 6.92 Å². The van der Waals surface area contributed by atoms with Crippen molar-refractivity contribution in [3.63, 3.8) is 0 Å². The van der Waals surface area contributed by atoms with Gasteiger partial charge in [-0.1, -0.05) is 12.8 Å². The van der Waals surface area contributed by atoms with Crippen LogP contribution in [0.1, 0.15) is 58.9 Å². The van der Waals surface area contributed by atoms with Crippen molar-refractivity contribution in [3.05, 3.63) is 15.6 Å². The van der Waals surface area contributed by atoms with Gasteiger partial charge in [-0.3, -0.25) is 4.79 Å². The number of carbonyl (C=O) groups excluding carboxylic acids is 1. The summed E-state index contributed by atoms with van der Waals surface area (Å²) in [6.07, 6.45) is 5.09. The number of thiazole rings is 1. The topological polar surface area (TPSA) is 30.0 Å². The summed E-state index contributed by atoms with van der Waals surface area (Å²) in [6, 6.07) is 0. The Morgan fingerprint density at radius 3 is 2.64 bits per heavy atom. The monoisotopic (exact) mass is 209 g/mol. The number of Topliss-reactive ketones (excluding diaryl/α,β-unsaturated/α-hetero) is 1. The van der Waals surface area contributed by atoms with E-state index in [9.17, 15) is 4.79 Å². The fourth-order valence-electron chi connectivity index (χ4n) is 2.16. The average Bonchev–Trinajstić information content (AvgIpc) is 2.70. The summed E-state index contributed by atoms with van der Waals surface area (Å²) >= 11 is 1.71. The molecule has 1 heterocycles. The number of hydrogen-bond acceptors (Lipinski definition) is 3. The summed E-state index contributed by atoms with van der Waals surface area (Å²) in [5.41, 5.74) is 0.736. The Bertz CT molecular complexity index is 350. The van der Waals surface area contributed by atoms with Gasteiger partial charge in [0.2, 0.25) is 0 Å². The lowest BCUT2D eigenvalue weighted by Gasteiger charge is -2.06. The van der Waals surface area contributed by atoms with Crippen LogP contribution >= 0.6 is 11.3 Å². The van der Waals surface area contributed by atoms with E-state index in [4.69, 9.17) is 0 Å². The van der Waals surface area contributed by atoms with Crippen molar-refractivity contribution in [1.82, 2.24) is 4.98 Å². The molecular formula is C11H15NOS. The molecule has 0 aromatic carbocycles. The molecule has 1 aliphatic carbocycles. The lowest BCUT2D eigenvalue weighted by Crippen LogP contribution is -2.00. The van der Waals surface area contributed by atoms with Crippen LogP contribution in [0.2, 0.25) is 0 Å². The molecule has 2 rings (SSSR count). The molecule has 0 N–H and O–H groups in total. The minimum absolute atomic E-state index is 0.122. The molecular weight excluding hydrogens is 194 g/mol. The molecule has 14 heavy (non-hydrogen) atoms. The van der Waals surface area contributed by atoms with Gasteiger partial charge in [0.05, 0.1) is 5.01 Å². The van der Waals surface area contributed by atoms with Gasteiger partial charge >= 0.3 is 0 Å². The first-order chi connectivity index (χ1) is 6.68. The predicted molar refractivity (Wildman–Crippen MR) is 58.1 cm³/mol. The Morgan fingerprint density at radius 2 is 2.07 bits per heavy atom. The molecule has 3 heteroatoms. The second-order valence-corrected chi connectivity index (χ2v) is 5.22. The molecule has 0 saturated heterocycles. The minimum Gasteiger partial charge on any atom is -0.293 e. The molecule has 0 bridgehead atoms. The normalized spacial score (nSPS) is 17.6. The van der Waals surface area contributed by atoms with Gasteiger partial charge in [-0.15, -0.1) is 11.3 Å². The smallest absolute Gasteiger partial charge is 0.179 e. The number of aryl methyl sites for hydroxylation is 1. The van der Waals surface area contributed by atoms with Crippen LogP contribution in [0.3, 0.4) is 0 Å². The summed E-state index contributed by atoms with van der Waals surface area (Å²) in [7, 11) is 0. The maximum Gasteiger partial charge on any atom is 0.179 e. The van der Waals surface area contributed by atoms with Gasteiger partial charge in [-0.2, -0.15) is 0 Å². The highest BCUT2D eigenvalue weighted by Gasteiger charge is 2.24. The number of hydrogen-bond donors (Lipinski definition) is 0. The summed E-state index contributed by atoms with van der Waals surface area (Å²) in [5, 5.41) is 1.03. The summed E-state index contributed by atoms with van der Waals surface area (Å²) in [6.45, 7) is 3.60. The van der Waals surface area contributed by atoms with Crippen LogP contribution in [0.5, 0.6) is 0 Å². The fraction of sp³-hybridized carbons (Fsp3) is 0.636. The molecule has 1 aromatic heterocycles. The number of aromatic nitrogens is 1. The van der Waals surface area contributed by atoms with E-state index < -0.39 is 0 Å². The van der Waals surface area contributed by atoms with Crippen molar-refractivity contribution in [3.8, 4) is 0 Å². The number of carbonyl (C=O) groups is 1. The minimum atomic E-state index is 0.122. The second kappa shape index (κ2) is 3.81. The zero-order valence-electron chi connectivity index (χ0n) is 8.67. The highest BCUT2D eigenvalue weighted by Crippen LogP contribution is 2.38. The standard InChI is InChI=1S/C11H15NOS/c1-7(13)10-11(14-8(2)12-10)9-5-3-4-6-9/h9H,3-6H2,1-2H3. The Morgan fingerprint density at radius 1 is 1.43 bits per heavy atom. The maximum absolute atomic E-state index is 11.4. The highest BCUT2D eigenvalue weighted by molar-refractivity contribution is 7.12. The van der Waals surface area contributed by atoms with Crippen molar-refractivity contribution in [2.24, 2.45) is 0 Å². The van der Waals surface area contributed by atoms with Gasteiger partial charge < -0.3 is 0 Å². The van der Waals surface area contributed by atoms with Crippen LogP contribution < -0.4 is 0 Å². The summed E-state index contributed by atoms with van der Waals surface area (Å²) in [5.74, 6) is 0.733. The van der Waals surface area contributed by atoms with Gasteiger partial charge in [-0.05, 0) is 25.7 Å². The second-order valence-electron chi connectivity index (χ2n) is 3.98. The van der Waals surface area contributed by atoms with Crippen LogP contribution in [0.4, 0.5) is 0 Å². The predicted octanol–water partition coefficient (Wildman–Crippen LogP) is 3.31. The number of rotatable bonds is 2. The lowest BCUT2D eigenvalue weighted by molar-refractivity contribution is 0.101. The fourth-order valence-corrected chi connectivity index (χ4v) is 3.30. The molecule has 1 aromatic rings. The van der Waals surface area contributed by atoms with Crippen molar-refractivity contribution >= 4 is 17.1 Å². The third kappa shape index (κ3) is 1.73. The van der Waals surface area contributed by atoms with E-state index in [-0.39, 0.29) is 5.78 Å². The lowest BCUT2D eigenvalue weighted by atomic mass is 10.0. The molecule has 1 fully saturated rings. The summed E-state index contributed by atoms with van der Waals surface area (Å²) in [4.78, 5) is 16.9. The zero-order chi connectivity index (χ0) is 10.1. The Balaban J connectivity index is 2.35. The molecule has 76 valence electrons. The van der Waals surface area contributed by atoms with Gasteiger partial charge in [0.1, 0.15) is 5.69 Å². The molecule has 0 aliphatic heterocycles. The van der Waals surface area contributed by atoms with E-state index in [1.165, 1.54) is 30.6 Å². The molecule has 0 amide bonds. The van der Waals surface area contributed by atoms with Crippen LogP contribution in [0.25, 0.3) is 0 Å². The van der Waals surface area contributed by atoms with E-state index in [0.717, 1.165) is 10.7 Å². The van der Waals surface area contributed by atoms with Crippen LogP contribution in [-0.2, 0) is 0 Å². The Hall–Kier alpha value is -0.700. The number of ketones is 1. The van der Waals surface area contributed by atoms with Crippen molar-refractivity contribution < 1.29 is 4.79 Å². The number of nitrogens with zero attached hydrogens (tertiary/aromatic N) is 1. The molecule has 1 saturated carbocycles. The van der Waals surface area contributed by atoms with Gasteiger partial charge in [0.15, 0.2) is 5.78 Å².